The normalized spacial score (nSPS) is 17.1. The number of hydrogen-bond acceptors (Lipinski definition) is 0. The van der Waals surface area contributed by atoms with E-state index in [1.165, 1.54) is 40.7 Å². The van der Waals surface area contributed by atoms with Crippen LogP contribution in [0.5, 0.6) is 0 Å². The Bertz CT molecular complexity index is 510. The van der Waals surface area contributed by atoms with Gasteiger partial charge in [-0.2, -0.15) is 0 Å². The van der Waals surface area contributed by atoms with E-state index in [0.717, 1.165) is 0 Å². The minimum atomic E-state index is 0.526. The van der Waals surface area contributed by atoms with Crippen LogP contribution in [0, 0.1) is 6.92 Å². The lowest BCUT2D eigenvalue weighted by molar-refractivity contribution is 0.949. The van der Waals surface area contributed by atoms with Gasteiger partial charge in [-0.1, -0.05) is 24.3 Å². The van der Waals surface area contributed by atoms with Crippen molar-refractivity contribution in [1.82, 2.24) is 0 Å². The molecule has 2 aromatic carbocycles. The van der Waals surface area contributed by atoms with Gasteiger partial charge in [0.15, 0.2) is 4.90 Å². The number of aryl methyl sites for hydroxylation is 1. The van der Waals surface area contributed by atoms with E-state index in [0.29, 0.717) is 10.9 Å². The molecular weight excluding hydrogens is 212 g/mol. The highest BCUT2D eigenvalue weighted by Crippen LogP contribution is 2.31. The first-order chi connectivity index (χ1) is 7.86. The van der Waals surface area contributed by atoms with Gasteiger partial charge in [-0.3, -0.25) is 0 Å². The molecule has 0 aliphatic carbocycles. The first-order valence-electron chi connectivity index (χ1n) is 6.02. The fourth-order valence-corrected chi connectivity index (χ4v) is 5.05. The molecule has 0 unspecified atom stereocenters. The minimum absolute atomic E-state index is 0.526. The number of hydrogen-bond donors (Lipinski definition) is 0. The maximum Gasteiger partial charge on any atom is 0.162 e. The summed E-state index contributed by atoms with van der Waals surface area (Å²) < 4.78 is 0. The standard InChI is InChI=1S/C15H17S/c1-12-8-9-15(16-10-4-5-11-16)14-7-3-2-6-13(12)14/h2-3,6-9H,4-5,10-11H2,1H3/q+1. The van der Waals surface area contributed by atoms with Crippen molar-refractivity contribution in [2.45, 2.75) is 24.7 Å². The molecule has 1 saturated heterocycles. The van der Waals surface area contributed by atoms with Crippen molar-refractivity contribution in [3.05, 3.63) is 42.0 Å². The Morgan fingerprint density at radius 2 is 1.56 bits per heavy atom. The van der Waals surface area contributed by atoms with Crippen LogP contribution in [0.3, 0.4) is 0 Å². The third-order valence-corrected chi connectivity index (χ3v) is 5.99. The molecule has 1 aliphatic heterocycles. The van der Waals surface area contributed by atoms with E-state index in [2.05, 4.69) is 43.3 Å². The van der Waals surface area contributed by atoms with Gasteiger partial charge < -0.3 is 0 Å². The summed E-state index contributed by atoms with van der Waals surface area (Å²) >= 11 is 0. The van der Waals surface area contributed by atoms with E-state index >= 15 is 0 Å². The highest BCUT2D eigenvalue weighted by Gasteiger charge is 2.28. The topological polar surface area (TPSA) is 0 Å². The van der Waals surface area contributed by atoms with Gasteiger partial charge in [-0.25, -0.2) is 0 Å². The van der Waals surface area contributed by atoms with Crippen molar-refractivity contribution >= 4 is 21.7 Å². The molecule has 0 saturated carbocycles. The molecule has 0 nitrogen and oxygen atoms in total. The molecule has 0 amide bonds. The quantitative estimate of drug-likeness (QED) is 0.650. The maximum absolute atomic E-state index is 2.37. The van der Waals surface area contributed by atoms with Crippen molar-refractivity contribution in [1.29, 1.82) is 0 Å². The van der Waals surface area contributed by atoms with Gasteiger partial charge in [0.05, 0.1) is 0 Å². The lowest BCUT2D eigenvalue weighted by Gasteiger charge is -2.07. The number of benzene rings is 2. The SMILES string of the molecule is Cc1ccc([S+]2CCCC2)c2ccccc12. The van der Waals surface area contributed by atoms with E-state index < -0.39 is 0 Å². The third-order valence-electron chi connectivity index (χ3n) is 3.44. The van der Waals surface area contributed by atoms with E-state index in [1.807, 2.05) is 0 Å². The van der Waals surface area contributed by atoms with Crippen molar-refractivity contribution in [2.24, 2.45) is 0 Å². The largest absolute Gasteiger partial charge is 0.162 e. The van der Waals surface area contributed by atoms with Crippen LogP contribution in [0.4, 0.5) is 0 Å². The van der Waals surface area contributed by atoms with Crippen molar-refractivity contribution in [2.75, 3.05) is 11.5 Å². The Morgan fingerprint density at radius 1 is 0.875 bits per heavy atom. The summed E-state index contributed by atoms with van der Waals surface area (Å²) in [6.07, 6.45) is 2.84. The Labute approximate surface area is 100 Å². The van der Waals surface area contributed by atoms with Crippen LogP contribution in [0.1, 0.15) is 18.4 Å². The first-order valence-corrected chi connectivity index (χ1v) is 7.58. The zero-order valence-corrected chi connectivity index (χ0v) is 10.5. The Kier molecular flexibility index (Phi) is 2.64. The summed E-state index contributed by atoms with van der Waals surface area (Å²) in [4.78, 5) is 1.61. The molecule has 0 spiro atoms. The monoisotopic (exact) mass is 229 g/mol. The third kappa shape index (κ3) is 1.63. The van der Waals surface area contributed by atoms with Gasteiger partial charge in [-0.05, 0) is 42.8 Å². The Hall–Kier alpha value is -0.950. The molecule has 0 bridgehead atoms. The zero-order valence-electron chi connectivity index (χ0n) is 9.70. The predicted octanol–water partition coefficient (Wildman–Crippen LogP) is 3.92. The predicted molar refractivity (Wildman–Crippen MR) is 73.3 cm³/mol. The molecule has 82 valence electrons. The fraction of sp³-hybridized carbons (Fsp3) is 0.333. The molecule has 0 aromatic heterocycles. The number of rotatable bonds is 1. The van der Waals surface area contributed by atoms with E-state index in [4.69, 9.17) is 0 Å². The van der Waals surface area contributed by atoms with Crippen LogP contribution in [-0.4, -0.2) is 11.5 Å². The van der Waals surface area contributed by atoms with Crippen molar-refractivity contribution in [3.8, 4) is 0 Å². The van der Waals surface area contributed by atoms with Gasteiger partial charge in [0.2, 0.25) is 0 Å². The molecule has 1 heterocycles. The molecule has 3 rings (SSSR count). The Balaban J connectivity index is 2.21. The Morgan fingerprint density at radius 3 is 2.31 bits per heavy atom. The van der Waals surface area contributed by atoms with E-state index in [1.54, 1.807) is 4.90 Å². The zero-order chi connectivity index (χ0) is 11.0. The fourth-order valence-electron chi connectivity index (χ4n) is 2.55. The lowest BCUT2D eigenvalue weighted by atomic mass is 10.1. The van der Waals surface area contributed by atoms with Crippen molar-refractivity contribution in [3.63, 3.8) is 0 Å². The second kappa shape index (κ2) is 4.14. The summed E-state index contributed by atoms with van der Waals surface area (Å²) in [6, 6.07) is 13.5. The molecule has 1 heteroatoms. The second-order valence-corrected chi connectivity index (χ2v) is 6.78. The lowest BCUT2D eigenvalue weighted by Crippen LogP contribution is -2.04. The van der Waals surface area contributed by atoms with Crippen LogP contribution in [0.2, 0.25) is 0 Å². The van der Waals surface area contributed by atoms with Gasteiger partial charge in [-0.15, -0.1) is 0 Å². The smallest absolute Gasteiger partial charge is 0.0616 e. The molecule has 1 fully saturated rings. The average Bonchev–Trinajstić information content (AvgIpc) is 2.83. The van der Waals surface area contributed by atoms with Gasteiger partial charge in [0.25, 0.3) is 0 Å². The second-order valence-electron chi connectivity index (χ2n) is 4.53. The average molecular weight is 229 g/mol. The highest BCUT2D eigenvalue weighted by atomic mass is 32.2. The van der Waals surface area contributed by atoms with Crippen LogP contribution in [-0.2, 0) is 10.9 Å². The van der Waals surface area contributed by atoms with Gasteiger partial charge >= 0.3 is 0 Å². The molecule has 0 radical (unpaired) electrons. The van der Waals surface area contributed by atoms with Crippen LogP contribution < -0.4 is 0 Å². The van der Waals surface area contributed by atoms with Crippen LogP contribution in [0.25, 0.3) is 10.8 Å². The summed E-state index contributed by atoms with van der Waals surface area (Å²) in [5.41, 5.74) is 1.40. The van der Waals surface area contributed by atoms with Crippen LogP contribution >= 0.6 is 0 Å². The summed E-state index contributed by atoms with van der Waals surface area (Å²) in [7, 11) is 0.526. The van der Waals surface area contributed by atoms with Crippen LogP contribution in [0.15, 0.2) is 41.3 Å². The molecule has 1 aliphatic rings. The minimum Gasteiger partial charge on any atom is -0.0616 e. The summed E-state index contributed by atoms with van der Waals surface area (Å²) in [6.45, 7) is 2.21. The van der Waals surface area contributed by atoms with E-state index in [-0.39, 0.29) is 0 Å². The van der Waals surface area contributed by atoms with Gasteiger partial charge in [0, 0.05) is 16.3 Å². The molecule has 2 aromatic rings. The maximum atomic E-state index is 2.37. The first kappa shape index (κ1) is 10.2. The highest BCUT2D eigenvalue weighted by molar-refractivity contribution is 7.97. The van der Waals surface area contributed by atoms with Gasteiger partial charge in [0.1, 0.15) is 11.5 Å². The molecule has 0 atom stereocenters. The number of fused-ring (bicyclic) bond motifs is 1. The molecule has 16 heavy (non-hydrogen) atoms. The summed E-state index contributed by atoms with van der Waals surface area (Å²) in [5, 5.41) is 2.94. The van der Waals surface area contributed by atoms with Crippen molar-refractivity contribution < 1.29 is 0 Å². The summed E-state index contributed by atoms with van der Waals surface area (Å²) in [5.74, 6) is 2.82. The van der Waals surface area contributed by atoms with E-state index in [9.17, 15) is 0 Å². The molecular formula is C15H17S+. The molecule has 0 N–H and O–H groups in total.